The van der Waals surface area contributed by atoms with Gasteiger partial charge in [0.2, 0.25) is 0 Å². The second-order valence-electron chi connectivity index (χ2n) is 4.05. The molecule has 1 aromatic heterocycles. The summed E-state index contributed by atoms with van der Waals surface area (Å²) < 4.78 is 4.93. The Bertz CT molecular complexity index is 361. The van der Waals surface area contributed by atoms with E-state index in [2.05, 4.69) is 5.32 Å². The molecular formula is C10H13NO3S. The van der Waals surface area contributed by atoms with Gasteiger partial charge in [-0.3, -0.25) is 10.1 Å². The van der Waals surface area contributed by atoms with Crippen LogP contribution in [0.4, 0.5) is 0 Å². The van der Waals surface area contributed by atoms with Gasteiger partial charge < -0.3 is 9.52 Å². The van der Waals surface area contributed by atoms with Gasteiger partial charge >= 0.3 is 5.97 Å². The normalized spacial score (nSPS) is 29.2. The number of rotatable bonds is 2. The fourth-order valence-corrected chi connectivity index (χ4v) is 3.07. The van der Waals surface area contributed by atoms with E-state index in [0.29, 0.717) is 0 Å². The Labute approximate surface area is 92.0 Å². The monoisotopic (exact) mass is 227 g/mol. The summed E-state index contributed by atoms with van der Waals surface area (Å²) >= 11 is 1.58. The quantitative estimate of drug-likeness (QED) is 0.807. The topological polar surface area (TPSA) is 62.5 Å². The minimum atomic E-state index is -0.818. The molecule has 15 heavy (non-hydrogen) atoms. The number of furan rings is 1. The highest BCUT2D eigenvalue weighted by molar-refractivity contribution is 8.01. The minimum absolute atomic E-state index is 0.0731. The van der Waals surface area contributed by atoms with Gasteiger partial charge in [-0.2, -0.15) is 0 Å². The first-order chi connectivity index (χ1) is 7.00. The largest absolute Gasteiger partial charge is 0.480 e. The summed E-state index contributed by atoms with van der Waals surface area (Å²) in [5.74, 6) is -0.0432. The molecule has 0 radical (unpaired) electrons. The van der Waals surface area contributed by atoms with Crippen molar-refractivity contribution in [2.75, 3.05) is 0 Å². The maximum atomic E-state index is 11.0. The summed E-state index contributed by atoms with van der Waals surface area (Å²) in [7, 11) is 0. The fourth-order valence-electron chi connectivity index (χ4n) is 1.71. The van der Waals surface area contributed by atoms with E-state index < -0.39 is 12.0 Å². The maximum Gasteiger partial charge on any atom is 0.322 e. The highest BCUT2D eigenvalue weighted by Gasteiger charge is 2.46. The van der Waals surface area contributed by atoms with Crippen molar-refractivity contribution in [1.29, 1.82) is 0 Å². The van der Waals surface area contributed by atoms with Gasteiger partial charge in [0.25, 0.3) is 0 Å². The molecule has 0 saturated carbocycles. The van der Waals surface area contributed by atoms with Crippen LogP contribution in [0.2, 0.25) is 0 Å². The van der Waals surface area contributed by atoms with Crippen LogP contribution in [0.1, 0.15) is 25.0 Å². The zero-order valence-corrected chi connectivity index (χ0v) is 9.38. The number of hydrogen-bond donors (Lipinski definition) is 2. The highest BCUT2D eigenvalue weighted by atomic mass is 32.2. The van der Waals surface area contributed by atoms with Crippen molar-refractivity contribution in [1.82, 2.24) is 5.32 Å². The van der Waals surface area contributed by atoms with E-state index in [0.717, 1.165) is 5.76 Å². The van der Waals surface area contributed by atoms with E-state index in [4.69, 9.17) is 9.52 Å². The number of carboxylic acid groups (broad SMARTS) is 1. The standard InChI is InChI=1S/C10H13NO3S/c1-10(2)7(9(12)13)11-8(15-10)6-4-3-5-14-6/h3-5,7-8,11H,1-2H3,(H,12,13)/t7-,8-/m0/s1. The Morgan fingerprint density at radius 2 is 2.40 bits per heavy atom. The minimum Gasteiger partial charge on any atom is -0.480 e. The Morgan fingerprint density at radius 1 is 1.67 bits per heavy atom. The van der Waals surface area contributed by atoms with Crippen LogP contribution in [0.5, 0.6) is 0 Å². The lowest BCUT2D eigenvalue weighted by molar-refractivity contribution is -0.139. The fraction of sp³-hybridized carbons (Fsp3) is 0.500. The van der Waals surface area contributed by atoms with E-state index >= 15 is 0 Å². The Morgan fingerprint density at radius 3 is 2.87 bits per heavy atom. The third kappa shape index (κ3) is 1.89. The molecule has 5 heteroatoms. The van der Waals surface area contributed by atoms with Crippen molar-refractivity contribution in [3.8, 4) is 0 Å². The lowest BCUT2D eigenvalue weighted by Gasteiger charge is -2.20. The molecule has 0 amide bonds. The summed E-state index contributed by atoms with van der Waals surface area (Å²) in [4.78, 5) is 11.0. The average molecular weight is 227 g/mol. The number of aliphatic carboxylic acids is 1. The Hall–Kier alpha value is -0.940. The van der Waals surface area contributed by atoms with Gasteiger partial charge in [0, 0.05) is 4.75 Å². The van der Waals surface area contributed by atoms with Crippen molar-refractivity contribution in [3.05, 3.63) is 24.2 Å². The van der Waals surface area contributed by atoms with E-state index in [1.54, 1.807) is 24.1 Å². The van der Waals surface area contributed by atoms with E-state index in [1.807, 2.05) is 19.9 Å². The summed E-state index contributed by atoms with van der Waals surface area (Å²) in [6.45, 7) is 3.85. The molecule has 2 rings (SSSR count). The van der Waals surface area contributed by atoms with E-state index in [-0.39, 0.29) is 10.1 Å². The van der Waals surface area contributed by atoms with Crippen LogP contribution < -0.4 is 5.32 Å². The van der Waals surface area contributed by atoms with Crippen molar-refractivity contribution in [2.45, 2.75) is 30.0 Å². The molecule has 0 unspecified atom stereocenters. The van der Waals surface area contributed by atoms with Gasteiger partial charge in [0.05, 0.1) is 6.26 Å². The van der Waals surface area contributed by atoms with Crippen LogP contribution in [0.3, 0.4) is 0 Å². The molecule has 1 aliphatic heterocycles. The molecule has 0 bridgehead atoms. The second kappa shape index (κ2) is 3.57. The molecule has 1 aromatic rings. The molecule has 82 valence electrons. The first-order valence-corrected chi connectivity index (χ1v) is 5.59. The van der Waals surface area contributed by atoms with Gasteiger partial charge in [-0.15, -0.1) is 11.8 Å². The van der Waals surface area contributed by atoms with Crippen molar-refractivity contribution >= 4 is 17.7 Å². The van der Waals surface area contributed by atoms with Crippen LogP contribution in [0, 0.1) is 0 Å². The predicted molar refractivity (Wildman–Crippen MR) is 57.7 cm³/mol. The second-order valence-corrected chi connectivity index (χ2v) is 5.81. The molecule has 2 N–H and O–H groups in total. The molecule has 4 nitrogen and oxygen atoms in total. The first kappa shape index (κ1) is 10.6. The van der Waals surface area contributed by atoms with Crippen LogP contribution in [-0.2, 0) is 4.79 Å². The molecule has 1 aliphatic rings. The molecule has 1 fully saturated rings. The van der Waals surface area contributed by atoms with Crippen LogP contribution in [-0.4, -0.2) is 21.9 Å². The van der Waals surface area contributed by atoms with Crippen molar-refractivity contribution in [3.63, 3.8) is 0 Å². The lowest BCUT2D eigenvalue weighted by Crippen LogP contribution is -2.43. The zero-order valence-electron chi connectivity index (χ0n) is 8.56. The predicted octanol–water partition coefficient (Wildman–Crippen LogP) is 1.85. The van der Waals surface area contributed by atoms with Gasteiger partial charge in [-0.05, 0) is 26.0 Å². The maximum absolute atomic E-state index is 11.0. The van der Waals surface area contributed by atoms with Crippen LogP contribution >= 0.6 is 11.8 Å². The third-order valence-electron chi connectivity index (χ3n) is 2.48. The van der Waals surface area contributed by atoms with Crippen molar-refractivity contribution < 1.29 is 14.3 Å². The van der Waals surface area contributed by atoms with Gasteiger partial charge in [0.1, 0.15) is 17.2 Å². The number of thioether (sulfide) groups is 1. The van der Waals surface area contributed by atoms with Crippen LogP contribution in [0.15, 0.2) is 22.8 Å². The number of carbonyl (C=O) groups is 1. The number of hydrogen-bond acceptors (Lipinski definition) is 4. The van der Waals surface area contributed by atoms with E-state index in [9.17, 15) is 4.79 Å². The number of nitrogens with one attached hydrogen (secondary N) is 1. The van der Waals surface area contributed by atoms with Gasteiger partial charge in [-0.25, -0.2) is 0 Å². The summed E-state index contributed by atoms with van der Waals surface area (Å²) in [5.41, 5.74) is 0. The lowest BCUT2D eigenvalue weighted by atomic mass is 10.0. The SMILES string of the molecule is CC1(C)S[C@@H](c2ccco2)N[C@H]1C(=O)O. The Balaban J connectivity index is 2.19. The third-order valence-corrected chi connectivity index (χ3v) is 3.93. The van der Waals surface area contributed by atoms with Crippen LogP contribution in [0.25, 0.3) is 0 Å². The smallest absolute Gasteiger partial charge is 0.322 e. The van der Waals surface area contributed by atoms with E-state index in [1.165, 1.54) is 0 Å². The molecule has 0 aliphatic carbocycles. The summed E-state index contributed by atoms with van der Waals surface area (Å²) in [5, 5.41) is 12.0. The zero-order chi connectivity index (χ0) is 11.1. The van der Waals surface area contributed by atoms with Gasteiger partial charge in [-0.1, -0.05) is 0 Å². The molecular weight excluding hydrogens is 214 g/mol. The Kier molecular flexibility index (Phi) is 2.52. The number of carboxylic acids is 1. The molecule has 0 aromatic carbocycles. The van der Waals surface area contributed by atoms with Crippen molar-refractivity contribution in [2.24, 2.45) is 0 Å². The first-order valence-electron chi connectivity index (χ1n) is 4.71. The molecule has 2 heterocycles. The molecule has 2 atom stereocenters. The average Bonchev–Trinajstić information content (AvgIpc) is 2.69. The summed E-state index contributed by atoms with van der Waals surface area (Å²) in [6.07, 6.45) is 1.60. The molecule has 1 saturated heterocycles. The molecule has 0 spiro atoms. The van der Waals surface area contributed by atoms with Gasteiger partial charge in [0.15, 0.2) is 0 Å². The summed E-state index contributed by atoms with van der Waals surface area (Å²) in [6, 6.07) is 3.11. The highest BCUT2D eigenvalue weighted by Crippen LogP contribution is 2.45.